The molecule has 0 bridgehead atoms. The number of aliphatic hydroxyl groups is 1. The predicted octanol–water partition coefficient (Wildman–Crippen LogP) is 3.56. The highest BCUT2D eigenvalue weighted by Gasteiger charge is 2.20. The molecule has 112 valence electrons. The predicted molar refractivity (Wildman–Crippen MR) is 82.3 cm³/mol. The molecule has 0 spiro atoms. The molecule has 0 amide bonds. The molecule has 0 aliphatic heterocycles. The molecule has 0 unspecified atom stereocenters. The Morgan fingerprint density at radius 3 is 2.86 bits per heavy atom. The quantitative estimate of drug-likeness (QED) is 0.914. The number of imidazole rings is 1. The number of hydrogen-bond donors (Lipinski definition) is 1. The first-order chi connectivity index (χ1) is 10.3. The van der Waals surface area contributed by atoms with Gasteiger partial charge in [-0.2, -0.15) is 0 Å². The summed E-state index contributed by atoms with van der Waals surface area (Å²) in [4.78, 5) is 4.52. The minimum Gasteiger partial charge on any atom is -0.494 e. The average Bonchev–Trinajstić information content (AvgIpc) is 3.18. The molecule has 1 saturated carbocycles. The number of benzene rings is 1. The lowest BCUT2D eigenvalue weighted by Gasteiger charge is -2.16. The van der Waals surface area contributed by atoms with E-state index in [4.69, 9.17) is 4.74 Å². The standard InChI is InChI=1S/C17H22N2O2/c1-2-21-16-8-7-13(11-14(16)12-20)17-18-9-10-19(17)15-5-3-4-6-15/h7-11,15,20H,2-6,12H2,1H3. The van der Waals surface area contributed by atoms with E-state index in [0.29, 0.717) is 12.6 Å². The number of hydrogen-bond acceptors (Lipinski definition) is 3. The molecule has 1 aliphatic rings. The van der Waals surface area contributed by atoms with Gasteiger partial charge in [-0.25, -0.2) is 4.98 Å². The monoisotopic (exact) mass is 286 g/mol. The van der Waals surface area contributed by atoms with E-state index in [1.54, 1.807) is 0 Å². The van der Waals surface area contributed by atoms with Gasteiger partial charge in [-0.3, -0.25) is 0 Å². The van der Waals surface area contributed by atoms with Crippen molar-refractivity contribution in [3.63, 3.8) is 0 Å². The molecule has 0 radical (unpaired) electrons. The van der Waals surface area contributed by atoms with Crippen molar-refractivity contribution in [1.29, 1.82) is 0 Å². The van der Waals surface area contributed by atoms with Gasteiger partial charge in [0.1, 0.15) is 11.6 Å². The number of aliphatic hydroxyl groups excluding tert-OH is 1. The lowest BCUT2D eigenvalue weighted by molar-refractivity contribution is 0.267. The molecule has 2 aromatic rings. The summed E-state index contributed by atoms with van der Waals surface area (Å²) in [5.74, 6) is 1.74. The second-order valence-corrected chi connectivity index (χ2v) is 5.51. The van der Waals surface area contributed by atoms with Crippen LogP contribution in [0.15, 0.2) is 30.6 Å². The normalized spacial score (nSPS) is 15.5. The van der Waals surface area contributed by atoms with E-state index in [-0.39, 0.29) is 6.61 Å². The highest BCUT2D eigenvalue weighted by atomic mass is 16.5. The van der Waals surface area contributed by atoms with Crippen LogP contribution in [-0.2, 0) is 6.61 Å². The van der Waals surface area contributed by atoms with E-state index < -0.39 is 0 Å². The minimum atomic E-state index is -0.0205. The first-order valence-corrected chi connectivity index (χ1v) is 7.73. The molecular weight excluding hydrogens is 264 g/mol. The Balaban J connectivity index is 1.95. The summed E-state index contributed by atoms with van der Waals surface area (Å²) in [6, 6.07) is 6.50. The maximum atomic E-state index is 9.54. The van der Waals surface area contributed by atoms with Crippen LogP contribution >= 0.6 is 0 Å². The van der Waals surface area contributed by atoms with Gasteiger partial charge in [-0.1, -0.05) is 12.8 Å². The van der Waals surface area contributed by atoms with Crippen molar-refractivity contribution in [3.8, 4) is 17.1 Å². The Morgan fingerprint density at radius 1 is 1.33 bits per heavy atom. The molecule has 1 aliphatic carbocycles. The molecule has 3 rings (SSSR count). The summed E-state index contributed by atoms with van der Waals surface area (Å²) >= 11 is 0. The smallest absolute Gasteiger partial charge is 0.140 e. The molecule has 1 aromatic carbocycles. The molecule has 0 saturated heterocycles. The fraction of sp³-hybridized carbons (Fsp3) is 0.471. The molecule has 4 nitrogen and oxygen atoms in total. The highest BCUT2D eigenvalue weighted by Crippen LogP contribution is 2.34. The Labute approximate surface area is 125 Å². The topological polar surface area (TPSA) is 47.3 Å². The van der Waals surface area contributed by atoms with E-state index in [0.717, 1.165) is 22.7 Å². The van der Waals surface area contributed by atoms with Crippen molar-refractivity contribution < 1.29 is 9.84 Å². The molecule has 21 heavy (non-hydrogen) atoms. The zero-order valence-electron chi connectivity index (χ0n) is 12.5. The van der Waals surface area contributed by atoms with Gasteiger partial charge in [0.15, 0.2) is 0 Å². The Kier molecular flexibility index (Phi) is 4.25. The minimum absolute atomic E-state index is 0.0205. The van der Waals surface area contributed by atoms with Gasteiger partial charge in [0, 0.05) is 29.6 Å². The SMILES string of the molecule is CCOc1ccc(-c2nccn2C2CCCC2)cc1CO. The van der Waals surface area contributed by atoms with Gasteiger partial charge in [-0.15, -0.1) is 0 Å². The second-order valence-electron chi connectivity index (χ2n) is 5.51. The largest absolute Gasteiger partial charge is 0.494 e. The van der Waals surface area contributed by atoms with Gasteiger partial charge in [0.25, 0.3) is 0 Å². The maximum absolute atomic E-state index is 9.54. The van der Waals surface area contributed by atoms with Crippen molar-refractivity contribution in [3.05, 3.63) is 36.2 Å². The lowest BCUT2D eigenvalue weighted by atomic mass is 10.1. The number of ether oxygens (including phenoxy) is 1. The summed E-state index contributed by atoms with van der Waals surface area (Å²) in [5.41, 5.74) is 1.86. The first-order valence-electron chi connectivity index (χ1n) is 7.73. The second kappa shape index (κ2) is 6.31. The van der Waals surface area contributed by atoms with Crippen molar-refractivity contribution in [2.24, 2.45) is 0 Å². The van der Waals surface area contributed by atoms with Crippen molar-refractivity contribution in [2.45, 2.75) is 45.3 Å². The van der Waals surface area contributed by atoms with Crippen LogP contribution in [0.2, 0.25) is 0 Å². The maximum Gasteiger partial charge on any atom is 0.140 e. The van der Waals surface area contributed by atoms with Crippen LogP contribution < -0.4 is 4.74 Å². The third-order valence-corrected chi connectivity index (χ3v) is 4.18. The fourth-order valence-electron chi connectivity index (χ4n) is 3.15. The van der Waals surface area contributed by atoms with Crippen LogP contribution in [0, 0.1) is 0 Å². The van der Waals surface area contributed by atoms with Crippen LogP contribution in [0.4, 0.5) is 0 Å². The summed E-state index contributed by atoms with van der Waals surface area (Å²) in [5, 5.41) is 9.54. The molecule has 4 heteroatoms. The zero-order chi connectivity index (χ0) is 14.7. The van der Waals surface area contributed by atoms with Gasteiger partial charge in [0.2, 0.25) is 0 Å². The van der Waals surface area contributed by atoms with Crippen LogP contribution in [0.1, 0.15) is 44.2 Å². The van der Waals surface area contributed by atoms with E-state index in [9.17, 15) is 5.11 Å². The molecule has 0 atom stereocenters. The Hall–Kier alpha value is -1.81. The number of rotatable bonds is 5. The third kappa shape index (κ3) is 2.81. The Morgan fingerprint density at radius 2 is 2.14 bits per heavy atom. The van der Waals surface area contributed by atoms with Crippen LogP contribution in [0.25, 0.3) is 11.4 Å². The van der Waals surface area contributed by atoms with E-state index in [1.165, 1.54) is 25.7 Å². The molecule has 1 N–H and O–H groups in total. The summed E-state index contributed by atoms with van der Waals surface area (Å²) < 4.78 is 7.82. The van der Waals surface area contributed by atoms with Gasteiger partial charge >= 0.3 is 0 Å². The summed E-state index contributed by atoms with van der Waals surface area (Å²) in [7, 11) is 0. The number of aromatic nitrogens is 2. The lowest BCUT2D eigenvalue weighted by Crippen LogP contribution is -2.06. The van der Waals surface area contributed by atoms with E-state index in [2.05, 4.69) is 15.7 Å². The van der Waals surface area contributed by atoms with Crippen LogP contribution in [-0.4, -0.2) is 21.3 Å². The van der Waals surface area contributed by atoms with Crippen molar-refractivity contribution in [1.82, 2.24) is 9.55 Å². The highest BCUT2D eigenvalue weighted by molar-refractivity contribution is 5.59. The Bertz CT molecular complexity index is 601. The zero-order valence-corrected chi connectivity index (χ0v) is 12.5. The number of nitrogens with zero attached hydrogens (tertiary/aromatic N) is 2. The molecule has 1 fully saturated rings. The van der Waals surface area contributed by atoms with Crippen molar-refractivity contribution in [2.75, 3.05) is 6.61 Å². The fourth-order valence-corrected chi connectivity index (χ4v) is 3.15. The van der Waals surface area contributed by atoms with Gasteiger partial charge < -0.3 is 14.4 Å². The van der Waals surface area contributed by atoms with Crippen LogP contribution in [0.5, 0.6) is 5.75 Å². The average molecular weight is 286 g/mol. The van der Waals surface area contributed by atoms with Gasteiger partial charge in [-0.05, 0) is 38.0 Å². The summed E-state index contributed by atoms with van der Waals surface area (Å²) in [6.07, 6.45) is 8.99. The molecule has 1 aromatic heterocycles. The molecular formula is C17H22N2O2. The molecule has 1 heterocycles. The van der Waals surface area contributed by atoms with Crippen molar-refractivity contribution >= 4 is 0 Å². The van der Waals surface area contributed by atoms with Gasteiger partial charge in [0.05, 0.1) is 13.2 Å². The third-order valence-electron chi connectivity index (χ3n) is 4.18. The van der Waals surface area contributed by atoms with E-state index >= 15 is 0 Å². The van der Waals surface area contributed by atoms with Crippen LogP contribution in [0.3, 0.4) is 0 Å². The van der Waals surface area contributed by atoms with E-state index in [1.807, 2.05) is 31.3 Å². The first kappa shape index (κ1) is 14.1. The summed E-state index contributed by atoms with van der Waals surface area (Å²) in [6.45, 7) is 2.53.